The van der Waals surface area contributed by atoms with E-state index in [2.05, 4.69) is 31.9 Å². The van der Waals surface area contributed by atoms with Crippen molar-refractivity contribution in [1.82, 2.24) is 0 Å². The van der Waals surface area contributed by atoms with Gasteiger partial charge in [-0.1, -0.05) is 12.1 Å². The Morgan fingerprint density at radius 2 is 2.17 bits per heavy atom. The molecule has 1 aliphatic rings. The van der Waals surface area contributed by atoms with Gasteiger partial charge in [-0.25, -0.2) is 0 Å². The minimum atomic E-state index is 0.168. The van der Waals surface area contributed by atoms with Crippen LogP contribution in [0.15, 0.2) is 18.2 Å². The Morgan fingerprint density at radius 3 is 2.83 bits per heavy atom. The highest BCUT2D eigenvalue weighted by atomic mass is 16.5. The molecule has 0 spiro atoms. The summed E-state index contributed by atoms with van der Waals surface area (Å²) in [4.78, 5) is 2.16. The summed E-state index contributed by atoms with van der Waals surface area (Å²) < 4.78 is 5.63. The molecular formula is C10H13NO. The molecule has 0 saturated carbocycles. The second kappa shape index (κ2) is 2.41. The summed E-state index contributed by atoms with van der Waals surface area (Å²) in [7, 11) is 2.06. The first-order valence-corrected chi connectivity index (χ1v) is 4.19. The van der Waals surface area contributed by atoms with Gasteiger partial charge in [0.15, 0.2) is 6.23 Å². The Kier molecular flexibility index (Phi) is 1.50. The molecule has 0 aliphatic carbocycles. The SMILES string of the molecule is Cc1cccc2c1N(C)C(C)O2. The second-order valence-electron chi connectivity index (χ2n) is 3.25. The molecule has 0 saturated heterocycles. The fourth-order valence-electron chi connectivity index (χ4n) is 1.62. The predicted molar refractivity (Wildman–Crippen MR) is 49.7 cm³/mol. The highest BCUT2D eigenvalue weighted by Gasteiger charge is 2.24. The van der Waals surface area contributed by atoms with Crippen LogP contribution >= 0.6 is 0 Å². The summed E-state index contributed by atoms with van der Waals surface area (Å²) in [6.45, 7) is 4.16. The van der Waals surface area contributed by atoms with E-state index in [1.54, 1.807) is 0 Å². The molecule has 64 valence electrons. The van der Waals surface area contributed by atoms with E-state index in [4.69, 9.17) is 4.74 Å². The molecule has 0 bridgehead atoms. The van der Waals surface area contributed by atoms with Gasteiger partial charge in [-0.05, 0) is 25.5 Å². The molecule has 0 fully saturated rings. The molecule has 2 nitrogen and oxygen atoms in total. The fourth-order valence-corrected chi connectivity index (χ4v) is 1.62. The lowest BCUT2D eigenvalue weighted by Crippen LogP contribution is -2.27. The average molecular weight is 163 g/mol. The summed E-state index contributed by atoms with van der Waals surface area (Å²) in [5.74, 6) is 1.00. The van der Waals surface area contributed by atoms with E-state index in [1.807, 2.05) is 12.1 Å². The monoisotopic (exact) mass is 163 g/mol. The first-order chi connectivity index (χ1) is 5.70. The van der Waals surface area contributed by atoms with Gasteiger partial charge in [-0.15, -0.1) is 0 Å². The van der Waals surface area contributed by atoms with Crippen molar-refractivity contribution in [3.8, 4) is 5.75 Å². The molecule has 1 aromatic carbocycles. The van der Waals surface area contributed by atoms with Crippen LogP contribution in [-0.2, 0) is 0 Å². The molecule has 1 atom stereocenters. The number of nitrogens with zero attached hydrogens (tertiary/aromatic N) is 1. The van der Waals surface area contributed by atoms with Crippen molar-refractivity contribution in [3.63, 3.8) is 0 Å². The molecule has 1 aromatic rings. The maximum absolute atomic E-state index is 5.63. The Labute approximate surface area is 72.8 Å². The number of para-hydroxylation sites is 1. The normalized spacial score (nSPS) is 20.6. The van der Waals surface area contributed by atoms with E-state index in [0.717, 1.165) is 5.75 Å². The van der Waals surface area contributed by atoms with Crippen LogP contribution in [0.3, 0.4) is 0 Å². The smallest absolute Gasteiger partial charge is 0.169 e. The van der Waals surface area contributed by atoms with Gasteiger partial charge in [-0.2, -0.15) is 0 Å². The zero-order chi connectivity index (χ0) is 8.72. The van der Waals surface area contributed by atoms with Crippen LogP contribution in [0.4, 0.5) is 5.69 Å². The van der Waals surface area contributed by atoms with Crippen LogP contribution in [0.5, 0.6) is 5.75 Å². The van der Waals surface area contributed by atoms with Gasteiger partial charge in [0.1, 0.15) is 5.75 Å². The average Bonchev–Trinajstić information content (AvgIpc) is 2.29. The van der Waals surface area contributed by atoms with E-state index in [9.17, 15) is 0 Å². The van der Waals surface area contributed by atoms with Crippen molar-refractivity contribution < 1.29 is 4.74 Å². The van der Waals surface area contributed by atoms with E-state index >= 15 is 0 Å². The lowest BCUT2D eigenvalue weighted by Gasteiger charge is -2.16. The van der Waals surface area contributed by atoms with Gasteiger partial charge in [0.25, 0.3) is 0 Å². The van der Waals surface area contributed by atoms with Crippen molar-refractivity contribution in [2.45, 2.75) is 20.1 Å². The lowest BCUT2D eigenvalue weighted by molar-refractivity contribution is 0.251. The molecule has 2 heteroatoms. The van der Waals surface area contributed by atoms with Gasteiger partial charge in [0, 0.05) is 7.05 Å². The number of anilines is 1. The summed E-state index contributed by atoms with van der Waals surface area (Å²) >= 11 is 0. The van der Waals surface area contributed by atoms with Crippen LogP contribution in [-0.4, -0.2) is 13.3 Å². The zero-order valence-corrected chi connectivity index (χ0v) is 7.66. The third-order valence-corrected chi connectivity index (χ3v) is 2.40. The Morgan fingerprint density at radius 1 is 1.42 bits per heavy atom. The standard InChI is InChI=1S/C10H13NO/c1-7-5-4-6-9-10(7)11(3)8(2)12-9/h4-6,8H,1-3H3. The maximum Gasteiger partial charge on any atom is 0.169 e. The van der Waals surface area contributed by atoms with E-state index < -0.39 is 0 Å². The predicted octanol–water partition coefficient (Wildman–Crippen LogP) is 2.17. The van der Waals surface area contributed by atoms with Crippen LogP contribution in [0.25, 0.3) is 0 Å². The van der Waals surface area contributed by atoms with Crippen LogP contribution < -0.4 is 9.64 Å². The van der Waals surface area contributed by atoms with E-state index in [1.165, 1.54) is 11.3 Å². The highest BCUT2D eigenvalue weighted by molar-refractivity contribution is 5.66. The number of benzene rings is 1. The van der Waals surface area contributed by atoms with Gasteiger partial charge >= 0.3 is 0 Å². The number of hydrogen-bond acceptors (Lipinski definition) is 2. The number of hydrogen-bond donors (Lipinski definition) is 0. The van der Waals surface area contributed by atoms with Crippen molar-refractivity contribution in [2.75, 3.05) is 11.9 Å². The summed E-state index contributed by atoms with van der Waals surface area (Å²) in [5, 5.41) is 0. The van der Waals surface area contributed by atoms with Gasteiger partial charge in [0.2, 0.25) is 0 Å². The van der Waals surface area contributed by atoms with Gasteiger partial charge in [-0.3, -0.25) is 0 Å². The number of aryl methyl sites for hydroxylation is 1. The molecule has 0 radical (unpaired) electrons. The van der Waals surface area contributed by atoms with E-state index in [-0.39, 0.29) is 6.23 Å². The van der Waals surface area contributed by atoms with Crippen molar-refractivity contribution in [1.29, 1.82) is 0 Å². The third-order valence-electron chi connectivity index (χ3n) is 2.40. The quantitative estimate of drug-likeness (QED) is 0.581. The summed E-state index contributed by atoms with van der Waals surface area (Å²) in [5.41, 5.74) is 2.50. The lowest BCUT2D eigenvalue weighted by atomic mass is 10.2. The Hall–Kier alpha value is -1.18. The first kappa shape index (κ1) is 7.47. The summed E-state index contributed by atoms with van der Waals surface area (Å²) in [6.07, 6.45) is 0.168. The second-order valence-corrected chi connectivity index (χ2v) is 3.25. The number of rotatable bonds is 0. The fraction of sp³-hybridized carbons (Fsp3) is 0.400. The minimum absolute atomic E-state index is 0.168. The molecular weight excluding hydrogens is 150 g/mol. The molecule has 1 unspecified atom stereocenters. The van der Waals surface area contributed by atoms with E-state index in [0.29, 0.717) is 0 Å². The van der Waals surface area contributed by atoms with Crippen molar-refractivity contribution >= 4 is 5.69 Å². The third kappa shape index (κ3) is 0.876. The van der Waals surface area contributed by atoms with Crippen LogP contribution in [0.2, 0.25) is 0 Å². The Bertz CT molecular complexity index is 309. The molecule has 0 N–H and O–H groups in total. The van der Waals surface area contributed by atoms with Gasteiger partial charge < -0.3 is 9.64 Å². The van der Waals surface area contributed by atoms with Crippen LogP contribution in [0, 0.1) is 6.92 Å². The molecule has 0 amide bonds. The molecule has 1 aliphatic heterocycles. The molecule has 0 aromatic heterocycles. The zero-order valence-electron chi connectivity index (χ0n) is 7.66. The van der Waals surface area contributed by atoms with Crippen molar-refractivity contribution in [3.05, 3.63) is 23.8 Å². The first-order valence-electron chi connectivity index (χ1n) is 4.19. The summed E-state index contributed by atoms with van der Waals surface area (Å²) in [6, 6.07) is 6.15. The van der Waals surface area contributed by atoms with Crippen LogP contribution in [0.1, 0.15) is 12.5 Å². The van der Waals surface area contributed by atoms with Gasteiger partial charge in [0.05, 0.1) is 5.69 Å². The molecule has 2 rings (SSSR count). The Balaban J connectivity index is 2.55. The molecule has 1 heterocycles. The maximum atomic E-state index is 5.63. The largest absolute Gasteiger partial charge is 0.469 e. The highest BCUT2D eigenvalue weighted by Crippen LogP contribution is 2.38. The van der Waals surface area contributed by atoms with Crippen molar-refractivity contribution in [2.24, 2.45) is 0 Å². The minimum Gasteiger partial charge on any atom is -0.469 e. The molecule has 12 heavy (non-hydrogen) atoms. The number of ether oxygens (including phenoxy) is 1. The number of fused-ring (bicyclic) bond motifs is 1. The topological polar surface area (TPSA) is 12.5 Å².